The zero-order chi connectivity index (χ0) is 25.5. The molecule has 190 valence electrons. The number of carbonyl (C=O) groups excluding carboxylic acids is 1. The summed E-state index contributed by atoms with van der Waals surface area (Å²) in [5, 5.41) is 11.3. The van der Waals surface area contributed by atoms with E-state index in [-0.39, 0.29) is 23.7 Å². The van der Waals surface area contributed by atoms with Crippen molar-refractivity contribution in [3.8, 4) is 17.4 Å². The van der Waals surface area contributed by atoms with Crippen molar-refractivity contribution in [1.29, 1.82) is 0 Å². The summed E-state index contributed by atoms with van der Waals surface area (Å²) in [5.74, 6) is 1.30. The van der Waals surface area contributed by atoms with Crippen LogP contribution in [0.25, 0.3) is 0 Å². The molecule has 1 saturated carbocycles. The fraction of sp³-hybridized carbons (Fsp3) is 0.370. The maximum atomic E-state index is 14.0. The van der Waals surface area contributed by atoms with Crippen LogP contribution in [-0.4, -0.2) is 41.3 Å². The number of aromatic nitrogens is 1. The van der Waals surface area contributed by atoms with E-state index in [1.807, 2.05) is 53.4 Å². The Morgan fingerprint density at radius 3 is 2.44 bits per heavy atom. The monoisotopic (exact) mass is 510 g/mol. The second kappa shape index (κ2) is 11.9. The highest BCUT2D eigenvalue weighted by molar-refractivity contribution is 7.09. The van der Waals surface area contributed by atoms with Crippen LogP contribution in [0.5, 0.6) is 17.4 Å². The Kier molecular flexibility index (Phi) is 8.43. The number of ether oxygens (including phenoxy) is 3. The summed E-state index contributed by atoms with van der Waals surface area (Å²) in [6, 6.07) is 14.5. The van der Waals surface area contributed by atoms with Gasteiger partial charge < -0.3 is 24.2 Å². The van der Waals surface area contributed by atoms with Gasteiger partial charge in [0.25, 0.3) is 5.91 Å². The Bertz CT molecular complexity index is 1180. The normalized spacial score (nSPS) is 14.6. The largest absolute Gasteiger partial charge is 0.512 e. The van der Waals surface area contributed by atoms with Crippen molar-refractivity contribution in [2.45, 2.75) is 44.7 Å². The number of methoxy groups -OCH3 is 2. The summed E-state index contributed by atoms with van der Waals surface area (Å²) in [6.07, 6.45) is 3.83. The van der Waals surface area contributed by atoms with Crippen molar-refractivity contribution in [3.63, 3.8) is 0 Å². The summed E-state index contributed by atoms with van der Waals surface area (Å²) in [7, 11) is 3.17. The number of carbonyl (C=O) groups is 2. The van der Waals surface area contributed by atoms with Crippen LogP contribution in [0.15, 0.2) is 53.9 Å². The van der Waals surface area contributed by atoms with Crippen LogP contribution in [-0.2, 0) is 6.54 Å². The number of thiazole rings is 1. The van der Waals surface area contributed by atoms with Gasteiger partial charge in [0.05, 0.1) is 25.6 Å². The zero-order valence-corrected chi connectivity index (χ0v) is 21.2. The lowest BCUT2D eigenvalue weighted by Crippen LogP contribution is -2.39. The van der Waals surface area contributed by atoms with E-state index in [9.17, 15) is 9.59 Å². The zero-order valence-electron chi connectivity index (χ0n) is 20.4. The third kappa shape index (κ3) is 5.96. The second-order valence-electron chi connectivity index (χ2n) is 8.72. The van der Waals surface area contributed by atoms with Gasteiger partial charge in [-0.05, 0) is 48.6 Å². The highest BCUT2D eigenvalue weighted by Crippen LogP contribution is 2.42. The summed E-state index contributed by atoms with van der Waals surface area (Å²) in [5.41, 5.74) is 1.47. The third-order valence-corrected chi connectivity index (χ3v) is 7.35. The molecule has 3 aromatic rings. The van der Waals surface area contributed by atoms with Crippen LogP contribution in [0, 0.1) is 5.92 Å². The van der Waals surface area contributed by atoms with E-state index in [1.165, 1.54) is 11.3 Å². The number of benzene rings is 2. The van der Waals surface area contributed by atoms with Crippen molar-refractivity contribution >= 4 is 23.4 Å². The van der Waals surface area contributed by atoms with Gasteiger partial charge in [0.2, 0.25) is 5.88 Å². The van der Waals surface area contributed by atoms with E-state index in [0.717, 1.165) is 37.7 Å². The summed E-state index contributed by atoms with van der Waals surface area (Å²) < 4.78 is 15.7. The summed E-state index contributed by atoms with van der Waals surface area (Å²) >= 11 is 1.32. The standard InChI is InChI=1S/C27H30N2O6S/c1-33-21-14-13-18(15-22(21)34-2)16-29(26(30)20-11-7-4-8-12-20)24(19-9-5-3-6-10-19)25-28-23(17-36-25)35-27(31)32/h4,7-8,11-15,17,19,24H,3,5-6,9-10,16H2,1-2H3,(H,31,32). The van der Waals surface area contributed by atoms with Gasteiger partial charge >= 0.3 is 6.16 Å². The first-order valence-electron chi connectivity index (χ1n) is 11.9. The average molecular weight is 511 g/mol. The first-order valence-corrected chi connectivity index (χ1v) is 12.8. The predicted molar refractivity (Wildman–Crippen MR) is 136 cm³/mol. The van der Waals surface area contributed by atoms with Crippen molar-refractivity contribution in [1.82, 2.24) is 9.88 Å². The number of nitrogens with zero attached hydrogens (tertiary/aromatic N) is 2. The maximum absolute atomic E-state index is 14.0. The molecule has 1 aliphatic carbocycles. The lowest BCUT2D eigenvalue weighted by atomic mass is 9.83. The van der Waals surface area contributed by atoms with Gasteiger partial charge in [-0.15, -0.1) is 11.3 Å². The molecule has 1 aliphatic rings. The van der Waals surface area contributed by atoms with Crippen molar-refractivity contribution in [3.05, 3.63) is 70.0 Å². The molecule has 1 atom stereocenters. The topological polar surface area (TPSA) is 98.2 Å². The number of carboxylic acid groups (broad SMARTS) is 1. The molecule has 0 saturated heterocycles. The number of rotatable bonds is 9. The molecule has 1 N–H and O–H groups in total. The molecule has 36 heavy (non-hydrogen) atoms. The molecule has 8 nitrogen and oxygen atoms in total. The smallest absolute Gasteiger partial charge is 0.493 e. The Hall–Kier alpha value is -3.59. The van der Waals surface area contributed by atoms with Gasteiger partial charge in [0.15, 0.2) is 11.5 Å². The minimum atomic E-state index is -1.41. The maximum Gasteiger partial charge on any atom is 0.512 e. The average Bonchev–Trinajstić information content (AvgIpc) is 3.36. The van der Waals surface area contributed by atoms with Gasteiger partial charge in [0.1, 0.15) is 5.01 Å². The van der Waals surface area contributed by atoms with Crippen LogP contribution in [0.2, 0.25) is 0 Å². The molecule has 1 heterocycles. The molecule has 2 aromatic carbocycles. The molecule has 1 aromatic heterocycles. The summed E-state index contributed by atoms with van der Waals surface area (Å²) in [6.45, 7) is 0.323. The highest BCUT2D eigenvalue weighted by atomic mass is 32.1. The molecule has 0 aliphatic heterocycles. The van der Waals surface area contributed by atoms with Gasteiger partial charge in [-0.3, -0.25) is 4.79 Å². The minimum absolute atomic E-state index is 0.0292. The Morgan fingerprint density at radius 2 is 1.78 bits per heavy atom. The molecular formula is C27H30N2O6S. The van der Waals surface area contributed by atoms with Crippen LogP contribution in [0.1, 0.15) is 59.1 Å². The Balaban J connectivity index is 1.77. The second-order valence-corrected chi connectivity index (χ2v) is 9.61. The Labute approximate surface area is 214 Å². The van der Waals surface area contributed by atoms with E-state index < -0.39 is 6.16 Å². The van der Waals surface area contributed by atoms with E-state index in [4.69, 9.17) is 19.3 Å². The highest BCUT2D eigenvalue weighted by Gasteiger charge is 2.36. The number of hydrogen-bond acceptors (Lipinski definition) is 7. The minimum Gasteiger partial charge on any atom is -0.493 e. The first kappa shape index (κ1) is 25.5. The first-order chi connectivity index (χ1) is 17.5. The van der Waals surface area contributed by atoms with Crippen molar-refractivity contribution in [2.75, 3.05) is 14.2 Å². The molecule has 1 amide bonds. The summed E-state index contributed by atoms with van der Waals surface area (Å²) in [4.78, 5) is 31.4. The predicted octanol–water partition coefficient (Wildman–Crippen LogP) is 6.18. The van der Waals surface area contributed by atoms with E-state index in [1.54, 1.807) is 19.6 Å². The van der Waals surface area contributed by atoms with Gasteiger partial charge in [-0.1, -0.05) is 43.5 Å². The lowest BCUT2D eigenvalue weighted by Gasteiger charge is -2.38. The van der Waals surface area contributed by atoms with Crippen LogP contribution < -0.4 is 14.2 Å². The molecule has 0 spiro atoms. The van der Waals surface area contributed by atoms with Crippen molar-refractivity contribution < 1.29 is 28.9 Å². The molecule has 1 unspecified atom stereocenters. The molecular weight excluding hydrogens is 480 g/mol. The number of amides is 1. The van der Waals surface area contributed by atoms with Gasteiger partial charge in [-0.25, -0.2) is 9.78 Å². The van der Waals surface area contributed by atoms with Crippen LogP contribution in [0.3, 0.4) is 0 Å². The van der Waals surface area contributed by atoms with E-state index in [0.29, 0.717) is 28.6 Å². The van der Waals surface area contributed by atoms with E-state index >= 15 is 0 Å². The fourth-order valence-corrected chi connectivity index (χ4v) is 5.73. The SMILES string of the molecule is COc1ccc(CN(C(=O)c2ccccc2)C(c2nc(OC(=O)O)cs2)C2CCCCC2)cc1OC. The van der Waals surface area contributed by atoms with Crippen LogP contribution in [0.4, 0.5) is 4.79 Å². The fourth-order valence-electron chi connectivity index (χ4n) is 4.80. The lowest BCUT2D eigenvalue weighted by molar-refractivity contribution is 0.0538. The number of hydrogen-bond donors (Lipinski definition) is 1. The van der Waals surface area contributed by atoms with E-state index in [2.05, 4.69) is 4.98 Å². The van der Waals surface area contributed by atoms with Crippen molar-refractivity contribution in [2.24, 2.45) is 5.92 Å². The molecule has 0 bridgehead atoms. The molecule has 4 rings (SSSR count). The Morgan fingerprint density at radius 1 is 1.06 bits per heavy atom. The molecule has 9 heteroatoms. The molecule has 1 fully saturated rings. The van der Waals surface area contributed by atoms with Crippen LogP contribution >= 0.6 is 11.3 Å². The van der Waals surface area contributed by atoms with Gasteiger partial charge in [-0.2, -0.15) is 0 Å². The quantitative estimate of drug-likeness (QED) is 0.343. The third-order valence-electron chi connectivity index (χ3n) is 6.46. The molecule has 0 radical (unpaired) electrons. The van der Waals surface area contributed by atoms with Gasteiger partial charge in [0, 0.05) is 12.1 Å².